The maximum atomic E-state index is 5.92. The van der Waals surface area contributed by atoms with Crippen LogP contribution in [0.1, 0.15) is 26.2 Å². The van der Waals surface area contributed by atoms with E-state index in [1.165, 1.54) is 19.3 Å². The van der Waals surface area contributed by atoms with Crippen LogP contribution in [0.5, 0.6) is 0 Å². The monoisotopic (exact) mass is 282 g/mol. The standard InChI is InChI=1S/C13H19BrN2/c1-9-2-3-10(6-9)8-16-13-7-11(14)4-5-12(13)15/h4-5,7,9-10,16H,2-3,6,8,15H2,1H3. The molecule has 3 heteroatoms. The first-order valence-electron chi connectivity index (χ1n) is 5.94. The van der Waals surface area contributed by atoms with Crippen molar-refractivity contribution in [3.63, 3.8) is 0 Å². The number of anilines is 2. The normalized spacial score (nSPS) is 24.6. The van der Waals surface area contributed by atoms with Crippen molar-refractivity contribution in [1.82, 2.24) is 0 Å². The molecule has 2 nitrogen and oxygen atoms in total. The SMILES string of the molecule is CC1CCC(CNc2cc(Br)ccc2N)C1. The third kappa shape index (κ3) is 2.91. The first-order chi connectivity index (χ1) is 7.65. The molecule has 3 N–H and O–H groups in total. The van der Waals surface area contributed by atoms with Gasteiger partial charge in [0.2, 0.25) is 0 Å². The van der Waals surface area contributed by atoms with Gasteiger partial charge in [-0.05, 0) is 42.9 Å². The Kier molecular flexibility index (Phi) is 3.74. The fourth-order valence-corrected chi connectivity index (χ4v) is 2.81. The summed E-state index contributed by atoms with van der Waals surface area (Å²) in [5.74, 6) is 1.71. The lowest BCUT2D eigenvalue weighted by Gasteiger charge is -2.14. The molecular formula is C13H19BrN2. The van der Waals surface area contributed by atoms with E-state index in [-0.39, 0.29) is 0 Å². The summed E-state index contributed by atoms with van der Waals surface area (Å²) in [6, 6.07) is 5.95. The lowest BCUT2D eigenvalue weighted by Crippen LogP contribution is -2.12. The Morgan fingerprint density at radius 1 is 1.44 bits per heavy atom. The number of hydrogen-bond donors (Lipinski definition) is 2. The highest BCUT2D eigenvalue weighted by molar-refractivity contribution is 9.10. The molecule has 0 saturated heterocycles. The van der Waals surface area contributed by atoms with E-state index in [1.807, 2.05) is 18.2 Å². The van der Waals surface area contributed by atoms with Crippen molar-refractivity contribution in [2.75, 3.05) is 17.6 Å². The Hall–Kier alpha value is -0.700. The van der Waals surface area contributed by atoms with Gasteiger partial charge in [0.05, 0.1) is 11.4 Å². The maximum absolute atomic E-state index is 5.92. The minimum absolute atomic E-state index is 0.813. The Labute approximate surface area is 106 Å². The molecule has 1 aliphatic carbocycles. The number of nitrogens with two attached hydrogens (primary N) is 1. The zero-order valence-electron chi connectivity index (χ0n) is 9.67. The summed E-state index contributed by atoms with van der Waals surface area (Å²) in [7, 11) is 0. The van der Waals surface area contributed by atoms with Gasteiger partial charge in [-0.1, -0.05) is 29.3 Å². The molecule has 1 aromatic rings. The number of halogens is 1. The van der Waals surface area contributed by atoms with E-state index >= 15 is 0 Å². The number of benzene rings is 1. The van der Waals surface area contributed by atoms with Crippen LogP contribution in [-0.4, -0.2) is 6.54 Å². The van der Waals surface area contributed by atoms with E-state index in [2.05, 4.69) is 28.2 Å². The van der Waals surface area contributed by atoms with Gasteiger partial charge in [0.15, 0.2) is 0 Å². The molecule has 1 aliphatic rings. The summed E-state index contributed by atoms with van der Waals surface area (Å²) >= 11 is 3.46. The molecule has 1 aromatic carbocycles. The zero-order chi connectivity index (χ0) is 11.5. The second kappa shape index (κ2) is 5.09. The summed E-state index contributed by atoms with van der Waals surface area (Å²) in [6.45, 7) is 3.39. The minimum atomic E-state index is 0.813. The molecule has 0 bridgehead atoms. The van der Waals surface area contributed by atoms with Crippen LogP contribution < -0.4 is 11.1 Å². The van der Waals surface area contributed by atoms with Gasteiger partial charge in [-0.15, -0.1) is 0 Å². The van der Waals surface area contributed by atoms with Gasteiger partial charge < -0.3 is 11.1 Å². The molecule has 0 radical (unpaired) electrons. The highest BCUT2D eigenvalue weighted by Gasteiger charge is 2.20. The molecule has 2 atom stereocenters. The van der Waals surface area contributed by atoms with Crippen molar-refractivity contribution in [2.24, 2.45) is 11.8 Å². The van der Waals surface area contributed by atoms with Crippen LogP contribution >= 0.6 is 15.9 Å². The van der Waals surface area contributed by atoms with E-state index in [0.29, 0.717) is 0 Å². The van der Waals surface area contributed by atoms with E-state index in [0.717, 1.165) is 34.2 Å². The van der Waals surface area contributed by atoms with Crippen LogP contribution in [0.2, 0.25) is 0 Å². The first-order valence-corrected chi connectivity index (χ1v) is 6.73. The van der Waals surface area contributed by atoms with Crippen LogP contribution in [0, 0.1) is 11.8 Å². The van der Waals surface area contributed by atoms with Gasteiger partial charge in [-0.2, -0.15) is 0 Å². The van der Waals surface area contributed by atoms with E-state index in [9.17, 15) is 0 Å². The van der Waals surface area contributed by atoms with Crippen LogP contribution in [0.25, 0.3) is 0 Å². The second-order valence-electron chi connectivity index (χ2n) is 4.90. The van der Waals surface area contributed by atoms with Crippen LogP contribution in [-0.2, 0) is 0 Å². The summed E-state index contributed by atoms with van der Waals surface area (Å²) in [5.41, 5.74) is 7.80. The summed E-state index contributed by atoms with van der Waals surface area (Å²) < 4.78 is 1.07. The molecule has 2 unspecified atom stereocenters. The maximum Gasteiger partial charge on any atom is 0.0585 e. The molecule has 0 heterocycles. The fourth-order valence-electron chi connectivity index (χ4n) is 2.45. The highest BCUT2D eigenvalue weighted by atomic mass is 79.9. The number of rotatable bonds is 3. The zero-order valence-corrected chi connectivity index (χ0v) is 11.3. The largest absolute Gasteiger partial charge is 0.397 e. The number of nitrogen functional groups attached to an aromatic ring is 1. The number of hydrogen-bond acceptors (Lipinski definition) is 2. The predicted molar refractivity (Wildman–Crippen MR) is 73.5 cm³/mol. The predicted octanol–water partition coefficient (Wildman–Crippen LogP) is 3.88. The van der Waals surface area contributed by atoms with E-state index in [4.69, 9.17) is 5.73 Å². The third-order valence-corrected chi connectivity index (χ3v) is 3.89. The lowest BCUT2D eigenvalue weighted by atomic mass is 10.1. The molecule has 88 valence electrons. The summed E-state index contributed by atoms with van der Waals surface area (Å²) in [4.78, 5) is 0. The molecule has 1 fully saturated rings. The van der Waals surface area contributed by atoms with Gasteiger partial charge in [-0.25, -0.2) is 0 Å². The number of nitrogens with one attached hydrogen (secondary N) is 1. The molecule has 0 spiro atoms. The smallest absolute Gasteiger partial charge is 0.0585 e. The Morgan fingerprint density at radius 2 is 2.25 bits per heavy atom. The first kappa shape index (κ1) is 11.8. The van der Waals surface area contributed by atoms with Crippen LogP contribution in [0.15, 0.2) is 22.7 Å². The van der Waals surface area contributed by atoms with Crippen molar-refractivity contribution < 1.29 is 0 Å². The van der Waals surface area contributed by atoms with Crippen LogP contribution in [0.3, 0.4) is 0 Å². The van der Waals surface area contributed by atoms with E-state index in [1.54, 1.807) is 0 Å². The highest BCUT2D eigenvalue weighted by Crippen LogP contribution is 2.31. The molecule has 0 amide bonds. The van der Waals surface area contributed by atoms with Crippen molar-refractivity contribution >= 4 is 27.3 Å². The lowest BCUT2D eigenvalue weighted by molar-refractivity contribution is 0.537. The average Bonchev–Trinajstić information content (AvgIpc) is 2.66. The minimum Gasteiger partial charge on any atom is -0.397 e. The third-order valence-electron chi connectivity index (χ3n) is 3.40. The molecule has 0 aromatic heterocycles. The molecule has 16 heavy (non-hydrogen) atoms. The van der Waals surface area contributed by atoms with Crippen molar-refractivity contribution in [2.45, 2.75) is 26.2 Å². The van der Waals surface area contributed by atoms with Crippen molar-refractivity contribution in [3.05, 3.63) is 22.7 Å². The fraction of sp³-hybridized carbons (Fsp3) is 0.538. The van der Waals surface area contributed by atoms with Gasteiger partial charge in [0.1, 0.15) is 0 Å². The Bertz CT molecular complexity index is 365. The Balaban J connectivity index is 1.91. The second-order valence-corrected chi connectivity index (χ2v) is 5.81. The molecule has 2 rings (SSSR count). The van der Waals surface area contributed by atoms with Gasteiger partial charge in [-0.3, -0.25) is 0 Å². The van der Waals surface area contributed by atoms with Gasteiger partial charge in [0, 0.05) is 11.0 Å². The van der Waals surface area contributed by atoms with Gasteiger partial charge >= 0.3 is 0 Å². The van der Waals surface area contributed by atoms with Crippen molar-refractivity contribution in [3.8, 4) is 0 Å². The Morgan fingerprint density at radius 3 is 2.94 bits per heavy atom. The quantitative estimate of drug-likeness (QED) is 0.826. The van der Waals surface area contributed by atoms with Crippen LogP contribution in [0.4, 0.5) is 11.4 Å². The summed E-state index contributed by atoms with van der Waals surface area (Å²) in [6.07, 6.45) is 4.07. The van der Waals surface area contributed by atoms with E-state index < -0.39 is 0 Å². The average molecular weight is 283 g/mol. The molecule has 0 aliphatic heterocycles. The topological polar surface area (TPSA) is 38.0 Å². The summed E-state index contributed by atoms with van der Waals surface area (Å²) in [5, 5.41) is 3.46. The molecule has 1 saturated carbocycles. The van der Waals surface area contributed by atoms with Crippen molar-refractivity contribution in [1.29, 1.82) is 0 Å². The molecular weight excluding hydrogens is 264 g/mol. The van der Waals surface area contributed by atoms with Gasteiger partial charge in [0.25, 0.3) is 0 Å².